The van der Waals surface area contributed by atoms with E-state index in [9.17, 15) is 4.79 Å². The zero-order valence-electron chi connectivity index (χ0n) is 21.0. The summed E-state index contributed by atoms with van der Waals surface area (Å²) in [7, 11) is 7.86. The zero-order valence-corrected chi connectivity index (χ0v) is 21.0. The fraction of sp³-hybridized carbons (Fsp3) is 0.444. The van der Waals surface area contributed by atoms with E-state index in [1.165, 1.54) is 0 Å². The highest BCUT2D eigenvalue weighted by molar-refractivity contribution is 6.15. The molecule has 0 radical (unpaired) electrons. The third-order valence-electron chi connectivity index (χ3n) is 7.49. The van der Waals surface area contributed by atoms with Gasteiger partial charge in [-0.2, -0.15) is 0 Å². The van der Waals surface area contributed by atoms with Crippen molar-refractivity contribution < 1.29 is 14.3 Å². The number of carbonyl (C=O) groups excluding carboxylic acids is 1. The van der Waals surface area contributed by atoms with Gasteiger partial charge in [-0.05, 0) is 50.7 Å². The van der Waals surface area contributed by atoms with E-state index >= 15 is 0 Å². The number of pyridine rings is 2. The summed E-state index contributed by atoms with van der Waals surface area (Å²) in [6, 6.07) is 10.2. The molecule has 1 aliphatic carbocycles. The minimum Gasteiger partial charge on any atom is -0.478 e. The number of hydrogen-bond acceptors (Lipinski definition) is 6. The molecule has 2 amide bonds. The van der Waals surface area contributed by atoms with E-state index in [0.29, 0.717) is 12.5 Å². The smallest absolute Gasteiger partial charge is 0.426 e. The largest absolute Gasteiger partial charge is 0.478 e. The number of quaternary nitrogens is 1. The molecule has 1 aromatic carbocycles. The van der Waals surface area contributed by atoms with E-state index in [0.717, 1.165) is 65.6 Å². The Morgan fingerprint density at radius 1 is 1.11 bits per heavy atom. The average Bonchev–Trinajstić information content (AvgIpc) is 3.45. The Bertz CT molecular complexity index is 1230. The number of hydrogen-bond donors (Lipinski definition) is 1. The number of aromatic nitrogens is 2. The van der Waals surface area contributed by atoms with Crippen LogP contribution in [0.25, 0.3) is 22.0 Å². The van der Waals surface area contributed by atoms with Gasteiger partial charge in [0.05, 0.1) is 31.5 Å². The van der Waals surface area contributed by atoms with Crippen LogP contribution in [-0.2, 0) is 4.74 Å². The topological polar surface area (TPSA) is 76.6 Å². The molecular formula is C27H34N5O3+. The molecule has 1 saturated carbocycles. The summed E-state index contributed by atoms with van der Waals surface area (Å²) >= 11 is 0. The third kappa shape index (κ3) is 4.37. The Morgan fingerprint density at radius 2 is 1.94 bits per heavy atom. The molecule has 0 spiro atoms. The van der Waals surface area contributed by atoms with Gasteiger partial charge in [-0.1, -0.05) is 6.07 Å². The first-order chi connectivity index (χ1) is 16.9. The number of nitrogens with one attached hydrogen (secondary N) is 1. The molecule has 3 atom stereocenters. The van der Waals surface area contributed by atoms with E-state index in [1.807, 2.05) is 43.7 Å². The molecule has 3 heterocycles. The summed E-state index contributed by atoms with van der Waals surface area (Å²) in [6.07, 6.45) is 7.66. The van der Waals surface area contributed by atoms with Gasteiger partial charge in [0.1, 0.15) is 11.7 Å². The van der Waals surface area contributed by atoms with Crippen molar-refractivity contribution in [2.45, 2.75) is 37.8 Å². The van der Waals surface area contributed by atoms with Crippen molar-refractivity contribution >= 4 is 28.3 Å². The summed E-state index contributed by atoms with van der Waals surface area (Å²) < 4.78 is 11.6. The first kappa shape index (κ1) is 23.7. The Labute approximate surface area is 206 Å². The Kier molecular flexibility index (Phi) is 6.44. The molecule has 2 aromatic heterocycles. The minimum absolute atomic E-state index is 0.00103. The van der Waals surface area contributed by atoms with Crippen molar-refractivity contribution in [2.24, 2.45) is 0 Å². The predicted octanol–water partition coefficient (Wildman–Crippen LogP) is 4.68. The lowest BCUT2D eigenvalue weighted by atomic mass is 10.0. The van der Waals surface area contributed by atoms with Gasteiger partial charge in [0.2, 0.25) is 5.88 Å². The number of rotatable bonds is 8. The number of methoxy groups -OCH3 is 1. The van der Waals surface area contributed by atoms with Crippen molar-refractivity contribution in [1.29, 1.82) is 0 Å². The van der Waals surface area contributed by atoms with Gasteiger partial charge < -0.3 is 14.4 Å². The monoisotopic (exact) mass is 476 g/mol. The molecule has 1 fully saturated rings. The summed E-state index contributed by atoms with van der Waals surface area (Å²) in [4.78, 5) is 24.6. The minimum atomic E-state index is -0.00103. The average molecular weight is 477 g/mol. The third-order valence-corrected chi connectivity index (χ3v) is 7.49. The lowest BCUT2D eigenvalue weighted by Gasteiger charge is -2.31. The zero-order chi connectivity index (χ0) is 24.6. The van der Waals surface area contributed by atoms with Crippen molar-refractivity contribution in [2.75, 3.05) is 46.7 Å². The Hall–Kier alpha value is -3.07. The molecule has 1 aliphatic heterocycles. The summed E-state index contributed by atoms with van der Waals surface area (Å²) in [5.41, 5.74) is 4.66. The molecule has 0 bridgehead atoms. The molecule has 1 N–H and O–H groups in total. The van der Waals surface area contributed by atoms with E-state index in [1.54, 1.807) is 7.11 Å². The van der Waals surface area contributed by atoms with Gasteiger partial charge in [0.25, 0.3) is 0 Å². The highest BCUT2D eigenvalue weighted by Gasteiger charge is 2.52. The molecule has 184 valence electrons. The number of ether oxygens (including phenoxy) is 2. The predicted molar refractivity (Wildman–Crippen MR) is 139 cm³/mol. The fourth-order valence-corrected chi connectivity index (χ4v) is 5.33. The highest BCUT2D eigenvalue weighted by atomic mass is 16.5. The molecule has 8 heteroatoms. The van der Waals surface area contributed by atoms with Crippen LogP contribution in [0.1, 0.15) is 25.7 Å². The second-order valence-electron chi connectivity index (χ2n) is 9.97. The van der Waals surface area contributed by atoms with Crippen molar-refractivity contribution in [3.63, 3.8) is 0 Å². The maximum absolute atomic E-state index is 13.3. The number of anilines is 1. The molecule has 5 rings (SSSR count). The molecule has 0 saturated heterocycles. The quantitative estimate of drug-likeness (QED) is 0.376. The van der Waals surface area contributed by atoms with Gasteiger partial charge in [-0.15, -0.1) is 0 Å². The summed E-state index contributed by atoms with van der Waals surface area (Å²) in [5, 5.41) is 4.12. The Morgan fingerprint density at radius 3 is 2.66 bits per heavy atom. The van der Waals surface area contributed by atoms with E-state index < -0.39 is 0 Å². The molecule has 8 nitrogen and oxygen atoms in total. The first-order valence-corrected chi connectivity index (χ1v) is 12.3. The number of fused-ring (bicyclic) bond motifs is 3. The van der Waals surface area contributed by atoms with Gasteiger partial charge in [0, 0.05) is 49.7 Å². The van der Waals surface area contributed by atoms with Gasteiger partial charge in [-0.3, -0.25) is 5.32 Å². The molecule has 3 unspecified atom stereocenters. The Balaban J connectivity index is 1.41. The van der Waals surface area contributed by atoms with Gasteiger partial charge in [0.15, 0.2) is 5.69 Å². The van der Waals surface area contributed by atoms with Crippen LogP contribution in [0, 0.1) is 0 Å². The van der Waals surface area contributed by atoms with E-state index in [4.69, 9.17) is 14.5 Å². The number of benzene rings is 1. The lowest BCUT2D eigenvalue weighted by Crippen LogP contribution is -2.55. The van der Waals surface area contributed by atoms with Gasteiger partial charge >= 0.3 is 6.03 Å². The maximum atomic E-state index is 13.3. The van der Waals surface area contributed by atoms with Crippen molar-refractivity contribution in [1.82, 2.24) is 19.4 Å². The van der Waals surface area contributed by atoms with Gasteiger partial charge in [-0.25, -0.2) is 19.2 Å². The van der Waals surface area contributed by atoms with Crippen LogP contribution in [-0.4, -0.2) is 74.4 Å². The van der Waals surface area contributed by atoms with Crippen molar-refractivity contribution in [3.05, 3.63) is 42.7 Å². The van der Waals surface area contributed by atoms with Crippen LogP contribution in [0.15, 0.2) is 42.7 Å². The van der Waals surface area contributed by atoms with Crippen LogP contribution in [0.3, 0.4) is 0 Å². The molecule has 2 aliphatic rings. The van der Waals surface area contributed by atoms with Crippen LogP contribution in [0.2, 0.25) is 0 Å². The highest BCUT2D eigenvalue weighted by Crippen LogP contribution is 2.46. The van der Waals surface area contributed by atoms with Crippen molar-refractivity contribution in [3.8, 4) is 17.0 Å². The van der Waals surface area contributed by atoms with Crippen LogP contribution >= 0.6 is 0 Å². The standard InChI is InChI=1S/C27H33N5O3/c1-31(2)12-5-13-35-25-11-7-19(16-29-25)18-6-10-23-22(14-18)26-24(17-28-23)32(3,27(33)30-26)20-8-9-21(15-20)34-4/h6-7,10-11,14,16-17,20-21H,5,8-9,12-13,15H2,1-4H3/p+1. The maximum Gasteiger partial charge on any atom is 0.426 e. The SMILES string of the molecule is COC1CCC([N+]2(C)C(=O)Nc3c2cnc2ccc(-c4ccc(OCCCN(C)C)nc4)cc32)C1. The second-order valence-corrected chi connectivity index (χ2v) is 9.97. The molecule has 3 aromatic rings. The van der Waals surface area contributed by atoms with Crippen LogP contribution in [0.4, 0.5) is 16.2 Å². The fourth-order valence-electron chi connectivity index (χ4n) is 5.33. The second kappa shape index (κ2) is 9.53. The first-order valence-electron chi connectivity index (χ1n) is 12.3. The number of nitrogens with zero attached hydrogens (tertiary/aromatic N) is 4. The van der Waals surface area contributed by atoms with E-state index in [2.05, 4.69) is 35.4 Å². The number of carbonyl (C=O) groups is 1. The normalized spacial score (nSPS) is 23.6. The number of amides is 2. The van der Waals surface area contributed by atoms with Crippen LogP contribution in [0.5, 0.6) is 5.88 Å². The van der Waals surface area contributed by atoms with Crippen LogP contribution < -0.4 is 14.5 Å². The molecule has 35 heavy (non-hydrogen) atoms. The number of urea groups is 1. The summed E-state index contributed by atoms with van der Waals surface area (Å²) in [5.74, 6) is 0.627. The lowest BCUT2D eigenvalue weighted by molar-refractivity contribution is 0.103. The summed E-state index contributed by atoms with van der Waals surface area (Å²) in [6.45, 7) is 1.62. The van der Waals surface area contributed by atoms with E-state index in [-0.39, 0.29) is 22.7 Å². The molecular weight excluding hydrogens is 442 g/mol.